The smallest absolute Gasteiger partial charge is 0.213 e. The summed E-state index contributed by atoms with van der Waals surface area (Å²) in [5.41, 5.74) is 0. The fourth-order valence-electron chi connectivity index (χ4n) is 1.14. The molecule has 0 fully saturated rings. The van der Waals surface area contributed by atoms with Gasteiger partial charge >= 0.3 is 0 Å². The molecule has 0 unspecified atom stereocenters. The van der Waals surface area contributed by atoms with Crippen molar-refractivity contribution in [2.24, 2.45) is 0 Å². The lowest BCUT2D eigenvalue weighted by atomic mass is 10.4. The maximum absolute atomic E-state index is 11.4. The van der Waals surface area contributed by atoms with E-state index in [1.165, 1.54) is 0 Å². The number of sulfonamides is 1. The van der Waals surface area contributed by atoms with Gasteiger partial charge in [-0.15, -0.1) is 0 Å². The van der Waals surface area contributed by atoms with Gasteiger partial charge in [0.1, 0.15) is 5.82 Å². The second kappa shape index (κ2) is 6.67. The molecule has 17 heavy (non-hydrogen) atoms. The minimum atomic E-state index is -3.19. The lowest BCUT2D eigenvalue weighted by Crippen LogP contribution is -2.29. The Morgan fingerprint density at radius 3 is 2.71 bits per heavy atom. The molecule has 1 aromatic rings. The van der Waals surface area contributed by atoms with Gasteiger partial charge in [-0.1, -0.05) is 6.92 Å². The molecule has 0 radical (unpaired) electrons. The average molecular weight is 387 g/mol. The maximum Gasteiger partial charge on any atom is 0.213 e. The van der Waals surface area contributed by atoms with Crippen molar-refractivity contribution in [3.05, 3.63) is 21.2 Å². The lowest BCUT2D eigenvalue weighted by Gasteiger charge is -2.08. The van der Waals surface area contributed by atoms with Gasteiger partial charge in [-0.05, 0) is 37.9 Å². The number of aromatic nitrogens is 1. The van der Waals surface area contributed by atoms with E-state index in [1.54, 1.807) is 13.1 Å². The zero-order valence-corrected chi connectivity index (χ0v) is 13.2. The molecule has 8 heteroatoms. The second-order valence-electron chi connectivity index (χ2n) is 3.23. The highest BCUT2D eigenvalue weighted by Crippen LogP contribution is 2.23. The zero-order valence-electron chi connectivity index (χ0n) is 9.20. The molecule has 0 aliphatic heterocycles. The number of halogens is 2. The molecule has 1 heterocycles. The fraction of sp³-hybridized carbons (Fsp3) is 0.444. The Balaban J connectivity index is 2.51. The van der Waals surface area contributed by atoms with Crippen molar-refractivity contribution in [3.63, 3.8) is 0 Å². The second-order valence-corrected chi connectivity index (χ2v) is 6.92. The molecule has 96 valence electrons. The van der Waals surface area contributed by atoms with Crippen molar-refractivity contribution in [3.8, 4) is 0 Å². The zero-order chi connectivity index (χ0) is 12.9. The van der Waals surface area contributed by atoms with Gasteiger partial charge in [0.15, 0.2) is 0 Å². The van der Waals surface area contributed by atoms with E-state index in [1.807, 2.05) is 6.07 Å². The highest BCUT2D eigenvalue weighted by molar-refractivity contribution is 9.11. The van der Waals surface area contributed by atoms with Gasteiger partial charge in [0, 0.05) is 23.8 Å². The lowest BCUT2D eigenvalue weighted by molar-refractivity contribution is 0.584. The third kappa shape index (κ3) is 5.33. The molecule has 1 rings (SSSR count). The first-order valence-corrected chi connectivity index (χ1v) is 8.20. The van der Waals surface area contributed by atoms with Gasteiger partial charge in [0.25, 0.3) is 0 Å². The van der Waals surface area contributed by atoms with Crippen LogP contribution in [0.25, 0.3) is 0 Å². The minimum Gasteiger partial charge on any atom is -0.368 e. The van der Waals surface area contributed by atoms with Crippen molar-refractivity contribution in [1.82, 2.24) is 9.71 Å². The first kappa shape index (κ1) is 14.9. The van der Waals surface area contributed by atoms with E-state index in [4.69, 9.17) is 0 Å². The summed E-state index contributed by atoms with van der Waals surface area (Å²) in [7, 11) is -3.19. The average Bonchev–Trinajstić information content (AvgIpc) is 2.21. The predicted octanol–water partition coefficient (Wildman–Crippen LogP) is 1.96. The first-order valence-electron chi connectivity index (χ1n) is 4.97. The number of hydrogen-bond donors (Lipinski definition) is 2. The van der Waals surface area contributed by atoms with Crippen LogP contribution < -0.4 is 10.0 Å². The van der Waals surface area contributed by atoms with Crippen molar-refractivity contribution < 1.29 is 8.42 Å². The predicted molar refractivity (Wildman–Crippen MR) is 75.6 cm³/mol. The largest absolute Gasteiger partial charge is 0.368 e. The van der Waals surface area contributed by atoms with E-state index in [2.05, 4.69) is 46.9 Å². The number of rotatable bonds is 6. The topological polar surface area (TPSA) is 71.1 Å². The van der Waals surface area contributed by atoms with Gasteiger partial charge < -0.3 is 5.32 Å². The Morgan fingerprint density at radius 1 is 1.41 bits per heavy atom. The van der Waals surface area contributed by atoms with Gasteiger partial charge in [0.05, 0.1) is 10.2 Å². The molecule has 0 bridgehead atoms. The third-order valence-electron chi connectivity index (χ3n) is 1.84. The normalized spacial score (nSPS) is 11.5. The Bertz CT molecular complexity index is 479. The van der Waals surface area contributed by atoms with E-state index in [0.717, 1.165) is 8.95 Å². The van der Waals surface area contributed by atoms with E-state index in [-0.39, 0.29) is 5.75 Å². The summed E-state index contributed by atoms with van der Waals surface area (Å²) < 4.78 is 26.8. The summed E-state index contributed by atoms with van der Waals surface area (Å²) >= 11 is 6.63. The van der Waals surface area contributed by atoms with Crippen LogP contribution in [0.2, 0.25) is 0 Å². The number of hydrogen-bond acceptors (Lipinski definition) is 4. The molecule has 0 atom stereocenters. The molecule has 0 saturated heterocycles. The monoisotopic (exact) mass is 385 g/mol. The first-order chi connectivity index (χ1) is 7.94. The van der Waals surface area contributed by atoms with Gasteiger partial charge in [-0.2, -0.15) is 0 Å². The van der Waals surface area contributed by atoms with Gasteiger partial charge in [0.2, 0.25) is 10.0 Å². The van der Waals surface area contributed by atoms with Crippen molar-refractivity contribution >= 4 is 47.7 Å². The van der Waals surface area contributed by atoms with E-state index < -0.39 is 10.0 Å². The van der Waals surface area contributed by atoms with Crippen LogP contribution in [0.3, 0.4) is 0 Å². The molecule has 0 amide bonds. The molecule has 0 aliphatic rings. The molecular formula is C9H13Br2N3O2S. The quantitative estimate of drug-likeness (QED) is 0.783. The number of pyridine rings is 1. The number of nitrogens with zero attached hydrogens (tertiary/aromatic N) is 1. The number of anilines is 1. The molecule has 0 aromatic carbocycles. The maximum atomic E-state index is 11.4. The summed E-state index contributed by atoms with van der Waals surface area (Å²) in [4.78, 5) is 4.12. The molecule has 1 aromatic heterocycles. The van der Waals surface area contributed by atoms with Crippen LogP contribution in [0, 0.1) is 0 Å². The van der Waals surface area contributed by atoms with Crippen LogP contribution in [0.4, 0.5) is 5.82 Å². The summed E-state index contributed by atoms with van der Waals surface area (Å²) in [6.07, 6.45) is 1.64. The standard InChI is InChI=1S/C9H13Br2N3O2S/c1-2-14-17(15,16)4-3-12-9-8(11)5-7(10)6-13-9/h5-6,14H,2-4H2,1H3,(H,12,13). The van der Waals surface area contributed by atoms with E-state index >= 15 is 0 Å². The fourth-order valence-corrected chi connectivity index (χ4v) is 3.22. The highest BCUT2D eigenvalue weighted by Gasteiger charge is 2.08. The Hall–Kier alpha value is -0.180. The van der Waals surface area contributed by atoms with E-state index in [0.29, 0.717) is 18.9 Å². The van der Waals surface area contributed by atoms with Crippen LogP contribution in [0.5, 0.6) is 0 Å². The van der Waals surface area contributed by atoms with Crippen molar-refractivity contribution in [2.45, 2.75) is 6.92 Å². The molecular weight excluding hydrogens is 374 g/mol. The SMILES string of the molecule is CCNS(=O)(=O)CCNc1ncc(Br)cc1Br. The number of nitrogens with one attached hydrogen (secondary N) is 2. The van der Waals surface area contributed by atoms with Crippen molar-refractivity contribution in [1.29, 1.82) is 0 Å². The van der Waals surface area contributed by atoms with E-state index in [9.17, 15) is 8.42 Å². The molecule has 5 nitrogen and oxygen atoms in total. The Kier molecular flexibility index (Phi) is 5.84. The molecule has 0 aliphatic carbocycles. The molecule has 0 saturated carbocycles. The van der Waals surface area contributed by atoms with Crippen molar-refractivity contribution in [2.75, 3.05) is 24.2 Å². The Morgan fingerprint density at radius 2 is 2.12 bits per heavy atom. The van der Waals surface area contributed by atoms with Crippen LogP contribution in [-0.4, -0.2) is 32.2 Å². The minimum absolute atomic E-state index is 0.0189. The van der Waals surface area contributed by atoms with Crippen LogP contribution in [0.1, 0.15) is 6.92 Å². The van der Waals surface area contributed by atoms with Crippen LogP contribution >= 0.6 is 31.9 Å². The third-order valence-corrected chi connectivity index (χ3v) is 4.34. The summed E-state index contributed by atoms with van der Waals surface area (Å²) in [6, 6.07) is 1.84. The summed E-state index contributed by atoms with van der Waals surface area (Å²) in [5, 5.41) is 2.96. The summed E-state index contributed by atoms with van der Waals surface area (Å²) in [6.45, 7) is 2.46. The molecule has 2 N–H and O–H groups in total. The van der Waals surface area contributed by atoms with Crippen LogP contribution in [-0.2, 0) is 10.0 Å². The van der Waals surface area contributed by atoms with Gasteiger partial charge in [-0.3, -0.25) is 0 Å². The van der Waals surface area contributed by atoms with Crippen LogP contribution in [0.15, 0.2) is 21.2 Å². The molecule has 0 spiro atoms. The highest BCUT2D eigenvalue weighted by atomic mass is 79.9. The Labute approximate surface area is 118 Å². The summed E-state index contributed by atoms with van der Waals surface area (Å²) in [5.74, 6) is 0.644. The van der Waals surface area contributed by atoms with Gasteiger partial charge in [-0.25, -0.2) is 18.1 Å².